The van der Waals surface area contributed by atoms with E-state index in [0.717, 1.165) is 11.3 Å². The zero-order valence-electron chi connectivity index (χ0n) is 17.6. The molecule has 1 saturated heterocycles. The second kappa shape index (κ2) is 10.0. The van der Waals surface area contributed by atoms with Crippen molar-refractivity contribution in [2.24, 2.45) is 5.92 Å². The van der Waals surface area contributed by atoms with E-state index in [0.29, 0.717) is 30.0 Å². The van der Waals surface area contributed by atoms with Gasteiger partial charge in [-0.3, -0.25) is 4.79 Å². The highest BCUT2D eigenvalue weighted by Crippen LogP contribution is 2.34. The molecule has 3 rings (SSSR count). The maximum absolute atomic E-state index is 13.0. The van der Waals surface area contributed by atoms with Crippen molar-refractivity contribution in [3.05, 3.63) is 45.3 Å². The number of benzene rings is 1. The first-order chi connectivity index (χ1) is 15.2. The third-order valence-electron chi connectivity index (χ3n) is 5.16. The molecule has 8 nitrogen and oxygen atoms in total. The van der Waals surface area contributed by atoms with E-state index in [1.807, 2.05) is 6.07 Å². The van der Waals surface area contributed by atoms with E-state index < -0.39 is 27.8 Å². The monoisotopic (exact) mass is 495 g/mol. The summed E-state index contributed by atoms with van der Waals surface area (Å²) in [5.74, 6) is -1.54. The first-order valence-corrected chi connectivity index (χ1v) is 12.6. The molecule has 1 unspecified atom stereocenters. The topological polar surface area (TPSA) is 117 Å². The lowest BCUT2D eigenvalue weighted by molar-refractivity contribution is -0.120. The average molecular weight is 496 g/mol. The first-order valence-electron chi connectivity index (χ1n) is 9.96. The fraction of sp³-hybridized carbons (Fsp3) is 0.381. The van der Waals surface area contributed by atoms with Crippen LogP contribution in [0, 0.1) is 24.2 Å². The standard InChI is InChI=1S/C21H22ClN3O5S2/c1-3-30-21(27)18-13(2)17(11-23)20(31-18)24-19(26)14-5-4-10-25(12-14)32(28,29)16-8-6-15(22)7-9-16/h6-9,14H,3-5,10,12H2,1-2H3,(H,24,26). The smallest absolute Gasteiger partial charge is 0.348 e. The summed E-state index contributed by atoms with van der Waals surface area (Å²) in [6, 6.07) is 7.90. The van der Waals surface area contributed by atoms with Crippen LogP contribution in [-0.2, 0) is 19.6 Å². The molecule has 1 aliphatic rings. The van der Waals surface area contributed by atoms with Crippen molar-refractivity contribution < 1.29 is 22.7 Å². The lowest BCUT2D eigenvalue weighted by Crippen LogP contribution is -2.43. The number of amides is 1. The number of nitriles is 1. The third kappa shape index (κ3) is 4.96. The molecule has 2 heterocycles. The van der Waals surface area contributed by atoms with Gasteiger partial charge in [-0.15, -0.1) is 11.3 Å². The Morgan fingerprint density at radius 2 is 2.03 bits per heavy atom. The number of nitrogens with zero attached hydrogens (tertiary/aromatic N) is 2. The maximum Gasteiger partial charge on any atom is 0.348 e. The molecule has 0 spiro atoms. The van der Waals surface area contributed by atoms with Crippen LogP contribution in [-0.4, -0.2) is 44.3 Å². The largest absolute Gasteiger partial charge is 0.462 e. The third-order valence-corrected chi connectivity index (χ3v) is 8.48. The van der Waals surface area contributed by atoms with Crippen LogP contribution in [0.25, 0.3) is 0 Å². The number of thiophene rings is 1. The van der Waals surface area contributed by atoms with Crippen LogP contribution in [0.5, 0.6) is 0 Å². The Balaban J connectivity index is 1.77. The van der Waals surface area contributed by atoms with Gasteiger partial charge in [0.1, 0.15) is 15.9 Å². The zero-order chi connectivity index (χ0) is 23.5. The SMILES string of the molecule is CCOC(=O)c1sc(NC(=O)C2CCCN(S(=O)(=O)c3ccc(Cl)cc3)C2)c(C#N)c1C. The number of hydrogen-bond donors (Lipinski definition) is 1. The molecule has 0 saturated carbocycles. The van der Waals surface area contributed by atoms with Gasteiger partial charge in [0.25, 0.3) is 0 Å². The Morgan fingerprint density at radius 1 is 1.34 bits per heavy atom. The fourth-order valence-electron chi connectivity index (χ4n) is 3.47. The number of halogens is 1. The Bertz CT molecular complexity index is 1170. The Hall–Kier alpha value is -2.45. The van der Waals surface area contributed by atoms with Crippen molar-refractivity contribution in [3.8, 4) is 6.07 Å². The number of carbonyl (C=O) groups excluding carboxylic acids is 2. The van der Waals surface area contributed by atoms with Crippen molar-refractivity contribution in [1.82, 2.24) is 4.31 Å². The summed E-state index contributed by atoms with van der Waals surface area (Å²) in [4.78, 5) is 25.4. The number of nitrogens with one attached hydrogen (secondary N) is 1. The lowest BCUT2D eigenvalue weighted by Gasteiger charge is -2.31. The summed E-state index contributed by atoms with van der Waals surface area (Å²) in [5, 5.41) is 12.9. The lowest BCUT2D eigenvalue weighted by atomic mass is 9.99. The predicted molar refractivity (Wildman–Crippen MR) is 121 cm³/mol. The van der Waals surface area contributed by atoms with Crippen molar-refractivity contribution >= 4 is 49.8 Å². The van der Waals surface area contributed by atoms with Gasteiger partial charge in [-0.05, 0) is 56.5 Å². The second-order valence-electron chi connectivity index (χ2n) is 7.24. The molecule has 32 heavy (non-hydrogen) atoms. The minimum Gasteiger partial charge on any atom is -0.462 e. The van der Waals surface area contributed by atoms with E-state index in [1.54, 1.807) is 13.8 Å². The van der Waals surface area contributed by atoms with Crippen molar-refractivity contribution in [2.45, 2.75) is 31.6 Å². The van der Waals surface area contributed by atoms with Gasteiger partial charge in [-0.2, -0.15) is 9.57 Å². The molecule has 1 amide bonds. The molecule has 1 aliphatic heterocycles. The molecule has 11 heteroatoms. The number of ether oxygens (including phenoxy) is 1. The molecule has 1 fully saturated rings. The minimum absolute atomic E-state index is 0.0216. The van der Waals surface area contributed by atoms with Crippen LogP contribution in [0.3, 0.4) is 0 Å². The number of anilines is 1. The molecule has 170 valence electrons. The van der Waals surface area contributed by atoms with Crippen LogP contribution in [0.1, 0.15) is 40.6 Å². The van der Waals surface area contributed by atoms with Crippen LogP contribution in [0.2, 0.25) is 5.02 Å². The van der Waals surface area contributed by atoms with Gasteiger partial charge in [-0.25, -0.2) is 13.2 Å². The quantitative estimate of drug-likeness (QED) is 0.609. The van der Waals surface area contributed by atoms with E-state index in [4.69, 9.17) is 16.3 Å². The summed E-state index contributed by atoms with van der Waals surface area (Å²) in [5.41, 5.74) is 0.648. The molecular formula is C21H22ClN3O5S2. The van der Waals surface area contributed by atoms with Crippen LogP contribution < -0.4 is 5.32 Å². The van der Waals surface area contributed by atoms with E-state index in [2.05, 4.69) is 5.32 Å². The second-order valence-corrected chi connectivity index (χ2v) is 10.6. The van der Waals surface area contributed by atoms with Gasteiger partial charge in [-0.1, -0.05) is 11.6 Å². The molecule has 1 atom stereocenters. The van der Waals surface area contributed by atoms with Gasteiger partial charge >= 0.3 is 5.97 Å². The maximum atomic E-state index is 13.0. The van der Waals surface area contributed by atoms with Gasteiger partial charge in [0, 0.05) is 18.1 Å². The van der Waals surface area contributed by atoms with Crippen molar-refractivity contribution in [1.29, 1.82) is 5.26 Å². The summed E-state index contributed by atoms with van der Waals surface area (Å²) in [6.07, 6.45) is 1.03. The highest BCUT2D eigenvalue weighted by molar-refractivity contribution is 7.89. The van der Waals surface area contributed by atoms with Crippen LogP contribution in [0.4, 0.5) is 5.00 Å². The molecule has 0 bridgehead atoms. The van der Waals surface area contributed by atoms with Crippen LogP contribution in [0.15, 0.2) is 29.2 Å². The molecule has 1 aromatic heterocycles. The van der Waals surface area contributed by atoms with E-state index in [-0.39, 0.29) is 33.5 Å². The Kier molecular flexibility index (Phi) is 7.56. The van der Waals surface area contributed by atoms with Gasteiger partial charge in [0.2, 0.25) is 15.9 Å². The van der Waals surface area contributed by atoms with E-state index >= 15 is 0 Å². The Labute approximate surface area is 195 Å². The molecule has 1 N–H and O–H groups in total. The minimum atomic E-state index is -3.77. The summed E-state index contributed by atoms with van der Waals surface area (Å²) in [7, 11) is -3.77. The predicted octanol–water partition coefficient (Wildman–Crippen LogP) is 3.80. The molecule has 2 aromatic rings. The number of hydrogen-bond acceptors (Lipinski definition) is 7. The van der Waals surface area contributed by atoms with Gasteiger partial charge in [0.15, 0.2) is 0 Å². The van der Waals surface area contributed by atoms with Crippen LogP contribution >= 0.6 is 22.9 Å². The van der Waals surface area contributed by atoms with Gasteiger partial charge in [0.05, 0.1) is 23.0 Å². The van der Waals surface area contributed by atoms with Gasteiger partial charge < -0.3 is 10.1 Å². The van der Waals surface area contributed by atoms with E-state index in [9.17, 15) is 23.3 Å². The normalized spacial score (nSPS) is 16.9. The first kappa shape index (κ1) is 24.2. The molecule has 0 aliphatic carbocycles. The Morgan fingerprint density at radius 3 is 2.66 bits per heavy atom. The number of sulfonamides is 1. The highest BCUT2D eigenvalue weighted by atomic mass is 35.5. The van der Waals surface area contributed by atoms with Crippen molar-refractivity contribution in [2.75, 3.05) is 25.0 Å². The summed E-state index contributed by atoms with van der Waals surface area (Å²) in [6.45, 7) is 3.83. The average Bonchev–Trinajstić information content (AvgIpc) is 3.09. The molecule has 0 radical (unpaired) electrons. The highest BCUT2D eigenvalue weighted by Gasteiger charge is 2.34. The fourth-order valence-corrected chi connectivity index (χ4v) is 6.18. The number of rotatable bonds is 6. The molecule has 1 aromatic carbocycles. The summed E-state index contributed by atoms with van der Waals surface area (Å²) < 4.78 is 32.2. The van der Waals surface area contributed by atoms with E-state index in [1.165, 1.54) is 28.6 Å². The zero-order valence-corrected chi connectivity index (χ0v) is 19.9. The number of carbonyl (C=O) groups is 2. The van der Waals surface area contributed by atoms with Crippen molar-refractivity contribution in [3.63, 3.8) is 0 Å². The molecular weight excluding hydrogens is 474 g/mol. The number of piperidine rings is 1. The summed E-state index contributed by atoms with van der Waals surface area (Å²) >= 11 is 6.83. The number of esters is 1.